The second-order valence-electron chi connectivity index (χ2n) is 5.76. The number of nitrogens with one attached hydrogen (secondary N) is 1. The molecule has 3 N–H and O–H groups in total. The van der Waals surface area contributed by atoms with Gasteiger partial charge in [-0.15, -0.1) is 0 Å². The third-order valence-electron chi connectivity index (χ3n) is 3.82. The number of ether oxygens (including phenoxy) is 1. The maximum Gasteiger partial charge on any atom is 0.265 e. The summed E-state index contributed by atoms with van der Waals surface area (Å²) in [6, 6.07) is 24.8. The predicted molar refractivity (Wildman–Crippen MR) is 101 cm³/mol. The molecule has 0 aliphatic carbocycles. The Morgan fingerprint density at radius 2 is 1.48 bits per heavy atom. The van der Waals surface area contributed by atoms with Crippen molar-refractivity contribution >= 4 is 17.3 Å². The van der Waals surface area contributed by atoms with Crippen LogP contribution < -0.4 is 15.8 Å². The molecule has 0 fully saturated rings. The second kappa shape index (κ2) is 7.53. The molecule has 1 atom stereocenters. The van der Waals surface area contributed by atoms with Crippen LogP contribution in [0.4, 0.5) is 11.4 Å². The molecule has 0 aliphatic rings. The standard InChI is InChI=1S/C21H20N2O2/c1-15(21(24)23-19-11-9-18(22)10-12-19)25-20-13-7-17(8-14-20)16-5-3-2-4-6-16/h2-15H,22H2,1H3,(H,23,24)/t15-/m0/s1. The van der Waals surface area contributed by atoms with Gasteiger partial charge in [-0.2, -0.15) is 0 Å². The van der Waals surface area contributed by atoms with Crippen molar-refractivity contribution in [3.05, 3.63) is 78.9 Å². The first kappa shape index (κ1) is 16.6. The van der Waals surface area contributed by atoms with Crippen molar-refractivity contribution < 1.29 is 9.53 Å². The van der Waals surface area contributed by atoms with E-state index in [-0.39, 0.29) is 5.91 Å². The van der Waals surface area contributed by atoms with Crippen LogP contribution in [0.3, 0.4) is 0 Å². The topological polar surface area (TPSA) is 64.3 Å². The summed E-state index contributed by atoms with van der Waals surface area (Å²) in [6.45, 7) is 1.72. The van der Waals surface area contributed by atoms with Crippen molar-refractivity contribution in [1.82, 2.24) is 0 Å². The van der Waals surface area contributed by atoms with Crippen molar-refractivity contribution in [2.24, 2.45) is 0 Å². The number of carbonyl (C=O) groups excluding carboxylic acids is 1. The highest BCUT2D eigenvalue weighted by molar-refractivity contribution is 5.94. The van der Waals surface area contributed by atoms with Gasteiger partial charge >= 0.3 is 0 Å². The molecule has 3 aromatic rings. The molecule has 0 saturated carbocycles. The Hall–Kier alpha value is -3.27. The number of hydrogen-bond donors (Lipinski definition) is 2. The SMILES string of the molecule is C[C@H](Oc1ccc(-c2ccccc2)cc1)C(=O)Nc1ccc(N)cc1. The lowest BCUT2D eigenvalue weighted by Crippen LogP contribution is -2.30. The predicted octanol–water partition coefficient (Wildman–Crippen LogP) is 4.34. The molecule has 3 rings (SSSR count). The van der Waals surface area contributed by atoms with E-state index >= 15 is 0 Å². The van der Waals surface area contributed by atoms with Crippen molar-refractivity contribution in [2.45, 2.75) is 13.0 Å². The fraction of sp³-hybridized carbons (Fsp3) is 0.0952. The summed E-state index contributed by atoms with van der Waals surface area (Å²) in [5.74, 6) is 0.441. The molecule has 0 radical (unpaired) electrons. The Bertz CT molecular complexity index is 828. The Kier molecular flexibility index (Phi) is 5.00. The summed E-state index contributed by atoms with van der Waals surface area (Å²) < 4.78 is 5.73. The minimum Gasteiger partial charge on any atom is -0.481 e. The van der Waals surface area contributed by atoms with Crippen LogP contribution in [-0.4, -0.2) is 12.0 Å². The van der Waals surface area contributed by atoms with Gasteiger partial charge in [0.1, 0.15) is 5.75 Å². The average molecular weight is 332 g/mol. The normalized spacial score (nSPS) is 11.6. The van der Waals surface area contributed by atoms with Gasteiger partial charge in [-0.1, -0.05) is 42.5 Å². The maximum atomic E-state index is 12.2. The second-order valence-corrected chi connectivity index (χ2v) is 5.76. The number of amides is 1. The number of benzene rings is 3. The molecule has 3 aromatic carbocycles. The minimum atomic E-state index is -0.611. The van der Waals surface area contributed by atoms with E-state index in [1.165, 1.54) is 0 Å². The third kappa shape index (κ3) is 4.38. The van der Waals surface area contributed by atoms with E-state index in [1.807, 2.05) is 42.5 Å². The number of nitrogens with two attached hydrogens (primary N) is 1. The summed E-state index contributed by atoms with van der Waals surface area (Å²) in [5, 5.41) is 2.81. The van der Waals surface area contributed by atoms with Crippen LogP contribution in [0.25, 0.3) is 11.1 Å². The minimum absolute atomic E-state index is 0.211. The van der Waals surface area contributed by atoms with Gasteiger partial charge in [-0.3, -0.25) is 4.79 Å². The molecular weight excluding hydrogens is 312 g/mol. The van der Waals surface area contributed by atoms with Crippen LogP contribution in [0.1, 0.15) is 6.92 Å². The Balaban J connectivity index is 1.61. The van der Waals surface area contributed by atoms with Gasteiger partial charge < -0.3 is 15.8 Å². The molecule has 1 amide bonds. The van der Waals surface area contributed by atoms with E-state index in [2.05, 4.69) is 17.4 Å². The first-order valence-corrected chi connectivity index (χ1v) is 8.10. The molecule has 0 bridgehead atoms. The zero-order chi connectivity index (χ0) is 17.6. The molecule has 0 aromatic heterocycles. The molecule has 4 heteroatoms. The van der Waals surface area contributed by atoms with Gasteiger partial charge in [-0.05, 0) is 54.4 Å². The van der Waals surface area contributed by atoms with Crippen LogP contribution in [0.5, 0.6) is 5.75 Å². The summed E-state index contributed by atoms with van der Waals surface area (Å²) in [5.41, 5.74) is 9.22. The molecular formula is C21H20N2O2. The lowest BCUT2D eigenvalue weighted by atomic mass is 10.1. The maximum absolute atomic E-state index is 12.2. The van der Waals surface area contributed by atoms with E-state index in [1.54, 1.807) is 31.2 Å². The largest absolute Gasteiger partial charge is 0.481 e. The van der Waals surface area contributed by atoms with Crippen molar-refractivity contribution in [3.63, 3.8) is 0 Å². The van der Waals surface area contributed by atoms with Crippen molar-refractivity contribution in [2.75, 3.05) is 11.1 Å². The van der Waals surface area contributed by atoms with Crippen molar-refractivity contribution in [1.29, 1.82) is 0 Å². The molecule has 0 saturated heterocycles. The number of rotatable bonds is 5. The van der Waals surface area contributed by atoms with Crippen LogP contribution in [0.2, 0.25) is 0 Å². The van der Waals surface area contributed by atoms with E-state index in [9.17, 15) is 4.79 Å². The summed E-state index contributed by atoms with van der Waals surface area (Å²) >= 11 is 0. The number of anilines is 2. The van der Waals surface area contributed by atoms with Gasteiger partial charge in [0.2, 0.25) is 0 Å². The zero-order valence-electron chi connectivity index (χ0n) is 14.0. The average Bonchev–Trinajstić information content (AvgIpc) is 2.65. The highest BCUT2D eigenvalue weighted by atomic mass is 16.5. The van der Waals surface area contributed by atoms with E-state index in [0.29, 0.717) is 17.1 Å². The number of nitrogen functional groups attached to an aromatic ring is 1. The molecule has 0 aliphatic heterocycles. The summed E-state index contributed by atoms with van der Waals surface area (Å²) in [6.07, 6.45) is -0.611. The first-order valence-electron chi connectivity index (χ1n) is 8.10. The van der Waals surface area contributed by atoms with E-state index in [0.717, 1.165) is 11.1 Å². The van der Waals surface area contributed by atoms with Crippen LogP contribution >= 0.6 is 0 Å². The molecule has 126 valence electrons. The van der Waals surface area contributed by atoms with Gasteiger partial charge in [0.05, 0.1) is 0 Å². The molecule has 0 spiro atoms. The first-order chi connectivity index (χ1) is 12.1. The van der Waals surface area contributed by atoms with Gasteiger partial charge in [0.25, 0.3) is 5.91 Å². The van der Waals surface area contributed by atoms with Crippen molar-refractivity contribution in [3.8, 4) is 16.9 Å². The summed E-state index contributed by atoms with van der Waals surface area (Å²) in [4.78, 5) is 12.2. The Morgan fingerprint density at radius 3 is 2.12 bits per heavy atom. The van der Waals surface area contributed by atoms with Crippen LogP contribution in [0, 0.1) is 0 Å². The monoisotopic (exact) mass is 332 g/mol. The fourth-order valence-corrected chi connectivity index (χ4v) is 2.42. The zero-order valence-corrected chi connectivity index (χ0v) is 14.0. The Morgan fingerprint density at radius 1 is 0.880 bits per heavy atom. The quantitative estimate of drug-likeness (QED) is 0.683. The van der Waals surface area contributed by atoms with E-state index in [4.69, 9.17) is 10.5 Å². The molecule has 0 heterocycles. The van der Waals surface area contributed by atoms with Crippen LogP contribution in [0.15, 0.2) is 78.9 Å². The lowest BCUT2D eigenvalue weighted by Gasteiger charge is -2.15. The van der Waals surface area contributed by atoms with Gasteiger partial charge in [-0.25, -0.2) is 0 Å². The molecule has 4 nitrogen and oxygen atoms in total. The molecule has 25 heavy (non-hydrogen) atoms. The highest BCUT2D eigenvalue weighted by Gasteiger charge is 2.14. The van der Waals surface area contributed by atoms with Crippen LogP contribution in [-0.2, 0) is 4.79 Å². The third-order valence-corrected chi connectivity index (χ3v) is 3.82. The molecule has 0 unspecified atom stereocenters. The van der Waals surface area contributed by atoms with Gasteiger partial charge in [0.15, 0.2) is 6.10 Å². The Labute approximate surface area is 147 Å². The van der Waals surface area contributed by atoms with Gasteiger partial charge in [0, 0.05) is 11.4 Å². The van der Waals surface area contributed by atoms with E-state index < -0.39 is 6.10 Å². The summed E-state index contributed by atoms with van der Waals surface area (Å²) in [7, 11) is 0. The highest BCUT2D eigenvalue weighted by Crippen LogP contribution is 2.22. The number of hydrogen-bond acceptors (Lipinski definition) is 3. The number of carbonyl (C=O) groups is 1. The fourth-order valence-electron chi connectivity index (χ4n) is 2.42. The smallest absolute Gasteiger partial charge is 0.265 e. The lowest BCUT2D eigenvalue weighted by molar-refractivity contribution is -0.122.